The Morgan fingerprint density at radius 1 is 0.889 bits per heavy atom. The van der Waals surface area contributed by atoms with Crippen LogP contribution < -0.4 is 24.8 Å². The van der Waals surface area contributed by atoms with Gasteiger partial charge in [0.1, 0.15) is 30.1 Å². The third-order valence-corrected chi connectivity index (χ3v) is 10.9. The van der Waals surface area contributed by atoms with Gasteiger partial charge in [0.05, 0.1) is 44.5 Å². The minimum Gasteiger partial charge on any atom is -0.746 e. The van der Waals surface area contributed by atoms with Crippen LogP contribution in [0.2, 0.25) is 0 Å². The molecule has 0 saturated carbocycles. The predicted octanol–water partition coefficient (Wildman–Crippen LogP) is 7.66. The second-order valence-electron chi connectivity index (χ2n) is 17.0. The lowest BCUT2D eigenvalue weighted by molar-refractivity contribution is -0.902. The lowest BCUT2D eigenvalue weighted by Gasteiger charge is -2.31. The number of aromatic nitrogens is 2. The van der Waals surface area contributed by atoms with Gasteiger partial charge in [-0.25, -0.2) is 8.78 Å². The molecule has 0 radical (unpaired) electrons. The summed E-state index contributed by atoms with van der Waals surface area (Å²) in [5, 5.41) is 22.0. The third-order valence-electron chi connectivity index (χ3n) is 10.5. The summed E-state index contributed by atoms with van der Waals surface area (Å²) in [6, 6.07) is 21.5. The number of benzene rings is 4. The van der Waals surface area contributed by atoms with Gasteiger partial charge in [-0.1, -0.05) is 63.1 Å². The van der Waals surface area contributed by atoms with E-state index in [4.69, 9.17) is 14.0 Å². The molecule has 2 unspecified atom stereocenters. The van der Waals surface area contributed by atoms with Gasteiger partial charge in [0.2, 0.25) is 0 Å². The zero-order chi connectivity index (χ0) is 45.4. The first-order chi connectivity index (χ1) is 30.0. The van der Waals surface area contributed by atoms with E-state index in [0.29, 0.717) is 42.2 Å². The van der Waals surface area contributed by atoms with E-state index in [9.17, 15) is 33.0 Å². The van der Waals surface area contributed by atoms with E-state index >= 15 is 0 Å². The van der Waals surface area contributed by atoms with Crippen LogP contribution in [-0.4, -0.2) is 83.3 Å². The number of halogens is 2. The minimum atomic E-state index is -5.14. The molecule has 1 aromatic heterocycles. The number of likely N-dealkylation sites (N-methyl/N-ethyl adjacent to an activating group) is 1. The van der Waals surface area contributed by atoms with Gasteiger partial charge in [0.15, 0.2) is 11.6 Å². The summed E-state index contributed by atoms with van der Waals surface area (Å²) in [5.74, 6) is -2.16. The summed E-state index contributed by atoms with van der Waals surface area (Å²) in [6.07, 6.45) is 8.17. The molecule has 0 aliphatic rings. The number of hydrogen-bond acceptors (Lipinski definition) is 9. The van der Waals surface area contributed by atoms with Crippen molar-refractivity contribution in [2.24, 2.45) is 5.92 Å². The molecule has 342 valence electrons. The van der Waals surface area contributed by atoms with Crippen LogP contribution in [0.25, 0.3) is 10.9 Å². The molecule has 13 nitrogen and oxygen atoms in total. The number of hydrogen-bond donors (Lipinski definition) is 4. The van der Waals surface area contributed by atoms with Crippen LogP contribution in [0, 0.1) is 17.6 Å². The normalized spacial score (nSPS) is 13.3. The molecule has 0 aliphatic heterocycles. The molecular weight excluding hydrogens is 832 g/mol. The Hall–Kier alpha value is -4.73. The molecular formula is C47H62F2N5O8P. The van der Waals surface area contributed by atoms with E-state index in [1.807, 2.05) is 34.0 Å². The van der Waals surface area contributed by atoms with Crippen LogP contribution in [0.4, 0.5) is 8.78 Å². The zero-order valence-electron chi connectivity index (χ0n) is 36.7. The molecule has 4 aromatic carbocycles. The van der Waals surface area contributed by atoms with Crippen molar-refractivity contribution >= 4 is 24.6 Å². The van der Waals surface area contributed by atoms with Gasteiger partial charge in [-0.05, 0) is 92.1 Å². The van der Waals surface area contributed by atoms with Crippen molar-refractivity contribution in [3.63, 3.8) is 0 Å². The SMILES string of the molecule is CC(C)Cn1ncc2cc(Oc3ccc(F)cc3F)c(C(=O)NCC[N+](C)(C)Cc3cc(CC(O)NCCCCCCOCCCCc4ccccc4)ccc3OP(=O)([O-])O)cc21. The van der Waals surface area contributed by atoms with Crippen LogP contribution in [0.1, 0.15) is 79.4 Å². The Bertz CT molecular complexity index is 2270. The highest BCUT2D eigenvalue weighted by Gasteiger charge is 2.24. The number of phosphoric acid groups is 1. The second-order valence-corrected chi connectivity index (χ2v) is 18.1. The largest absolute Gasteiger partial charge is 0.746 e. The van der Waals surface area contributed by atoms with E-state index in [1.165, 1.54) is 11.6 Å². The Morgan fingerprint density at radius 3 is 2.35 bits per heavy atom. The number of unbranched alkanes of at least 4 members (excludes halogenated alkanes) is 4. The number of fused-ring (bicyclic) bond motifs is 1. The fourth-order valence-corrected chi connectivity index (χ4v) is 7.69. The Balaban J connectivity index is 1.12. The maximum Gasteiger partial charge on any atom is 0.317 e. The van der Waals surface area contributed by atoms with Crippen molar-refractivity contribution in [2.75, 3.05) is 46.9 Å². The number of aliphatic hydroxyl groups is 1. The monoisotopic (exact) mass is 893 g/mol. The van der Waals surface area contributed by atoms with Crippen molar-refractivity contribution in [1.29, 1.82) is 0 Å². The number of nitrogens with zero attached hydrogens (tertiary/aromatic N) is 3. The van der Waals surface area contributed by atoms with Crippen molar-refractivity contribution in [2.45, 2.75) is 84.5 Å². The third kappa shape index (κ3) is 16.7. The highest BCUT2D eigenvalue weighted by molar-refractivity contribution is 7.45. The molecule has 63 heavy (non-hydrogen) atoms. The van der Waals surface area contributed by atoms with Gasteiger partial charge < -0.3 is 38.7 Å². The average Bonchev–Trinajstić information content (AvgIpc) is 3.60. The van der Waals surface area contributed by atoms with E-state index in [2.05, 4.69) is 40.0 Å². The van der Waals surface area contributed by atoms with Gasteiger partial charge in [-0.3, -0.25) is 19.4 Å². The van der Waals surface area contributed by atoms with Gasteiger partial charge in [-0.15, -0.1) is 0 Å². The van der Waals surface area contributed by atoms with Crippen molar-refractivity contribution in [3.05, 3.63) is 119 Å². The molecule has 2 atom stereocenters. The molecule has 5 rings (SSSR count). The van der Waals surface area contributed by atoms with Crippen LogP contribution in [-0.2, 0) is 35.2 Å². The van der Waals surface area contributed by atoms with E-state index in [-0.39, 0.29) is 52.7 Å². The second kappa shape index (κ2) is 23.8. The lowest BCUT2D eigenvalue weighted by atomic mass is 10.0. The van der Waals surface area contributed by atoms with Gasteiger partial charge in [0, 0.05) is 43.2 Å². The average molecular weight is 894 g/mol. The van der Waals surface area contributed by atoms with Crippen LogP contribution in [0.3, 0.4) is 0 Å². The quantitative estimate of drug-likeness (QED) is 0.0178. The molecule has 1 amide bonds. The zero-order valence-corrected chi connectivity index (χ0v) is 37.6. The van der Waals surface area contributed by atoms with E-state index in [1.54, 1.807) is 35.1 Å². The molecule has 0 spiro atoms. The van der Waals surface area contributed by atoms with Crippen molar-refractivity contribution in [3.8, 4) is 17.2 Å². The molecule has 0 bridgehead atoms. The Labute approximate surface area is 369 Å². The Morgan fingerprint density at radius 2 is 1.62 bits per heavy atom. The van der Waals surface area contributed by atoms with Gasteiger partial charge in [-0.2, -0.15) is 5.10 Å². The summed E-state index contributed by atoms with van der Waals surface area (Å²) < 4.78 is 58.8. The number of rotatable bonds is 27. The van der Waals surface area contributed by atoms with Gasteiger partial charge in [0.25, 0.3) is 5.91 Å². The first-order valence-electron chi connectivity index (χ1n) is 21.7. The number of amides is 1. The molecule has 0 fully saturated rings. The lowest BCUT2D eigenvalue weighted by Crippen LogP contribution is -2.44. The molecule has 1 heterocycles. The fourth-order valence-electron chi connectivity index (χ4n) is 7.27. The maximum absolute atomic E-state index is 14.7. The summed E-state index contributed by atoms with van der Waals surface area (Å²) in [5.41, 5.74) is 3.36. The summed E-state index contributed by atoms with van der Waals surface area (Å²) >= 11 is 0. The number of phosphoric ester groups is 1. The molecule has 0 saturated heterocycles. The standard InChI is InChI=1S/C47H62F2N5O8P/c1-34(2)32-53-42-30-40(45(28-37(42)31-52-53)61-44-20-18-39(48)29-41(44)49)47(56)51-22-23-54(3,4)33-38-26-36(17-19-43(38)62-63(57,58)59)27-46(55)50-21-11-5-6-12-24-60-25-13-10-16-35-14-8-7-9-15-35/h7-9,14-15,17-20,26,28-31,34,46,50,55H,5-6,10-13,16,21-25,27,32-33H2,1-4H3,(H2-,51,56,57,58,59). The summed E-state index contributed by atoms with van der Waals surface area (Å²) in [4.78, 5) is 35.2. The number of quaternary nitrogens is 1. The number of carbonyl (C=O) groups excluding carboxylic acids is 1. The number of carbonyl (C=O) groups is 1. The Kier molecular flexibility index (Phi) is 18.6. The molecule has 4 N–H and O–H groups in total. The van der Waals surface area contributed by atoms with Crippen LogP contribution >= 0.6 is 7.82 Å². The van der Waals surface area contributed by atoms with Gasteiger partial charge >= 0.3 is 7.82 Å². The maximum atomic E-state index is 14.7. The first kappa shape index (κ1) is 49.3. The van der Waals surface area contributed by atoms with Crippen molar-refractivity contribution in [1.82, 2.24) is 20.4 Å². The summed E-state index contributed by atoms with van der Waals surface area (Å²) in [7, 11) is -1.37. The highest BCUT2D eigenvalue weighted by Crippen LogP contribution is 2.37. The topological polar surface area (TPSA) is 167 Å². The summed E-state index contributed by atoms with van der Waals surface area (Å²) in [6.45, 7) is 7.59. The minimum absolute atomic E-state index is 0.0467. The first-order valence-corrected chi connectivity index (χ1v) is 23.2. The number of aliphatic hydroxyl groups excluding tert-OH is 1. The highest BCUT2D eigenvalue weighted by atomic mass is 31.2. The molecule has 16 heteroatoms. The smallest absolute Gasteiger partial charge is 0.317 e. The van der Waals surface area contributed by atoms with E-state index < -0.39 is 31.6 Å². The van der Waals surface area contributed by atoms with Crippen LogP contribution in [0.15, 0.2) is 85.1 Å². The number of nitrogens with one attached hydrogen (secondary N) is 2. The molecule has 5 aromatic rings. The van der Waals surface area contributed by atoms with Crippen LogP contribution in [0.5, 0.6) is 17.2 Å². The molecule has 0 aliphatic carbocycles. The number of ether oxygens (including phenoxy) is 2. The van der Waals surface area contributed by atoms with Crippen molar-refractivity contribution < 1.29 is 51.5 Å². The fraction of sp³-hybridized carbons (Fsp3) is 0.447. The number of aryl methyl sites for hydroxylation is 1. The predicted molar refractivity (Wildman–Crippen MR) is 237 cm³/mol. The van der Waals surface area contributed by atoms with E-state index in [0.717, 1.165) is 75.9 Å².